The van der Waals surface area contributed by atoms with Gasteiger partial charge < -0.3 is 0 Å². The summed E-state index contributed by atoms with van der Waals surface area (Å²) in [5.41, 5.74) is 1.36. The fourth-order valence-corrected chi connectivity index (χ4v) is 3.44. The van der Waals surface area contributed by atoms with Crippen LogP contribution < -0.4 is 5.56 Å². The van der Waals surface area contributed by atoms with E-state index in [1.807, 2.05) is 29.5 Å². The van der Waals surface area contributed by atoms with Gasteiger partial charge in [-0.15, -0.1) is 10.2 Å². The van der Waals surface area contributed by atoms with E-state index in [9.17, 15) is 14.9 Å². The van der Waals surface area contributed by atoms with Crippen molar-refractivity contribution in [1.29, 1.82) is 0 Å². The van der Waals surface area contributed by atoms with E-state index in [1.165, 1.54) is 0 Å². The van der Waals surface area contributed by atoms with Crippen molar-refractivity contribution < 1.29 is 4.92 Å². The third-order valence-electron chi connectivity index (χ3n) is 4.71. The third-order valence-corrected chi connectivity index (χ3v) is 4.71. The molecule has 0 bridgehead atoms. The maximum Gasteiger partial charge on any atom is 0.312 e. The van der Waals surface area contributed by atoms with E-state index in [2.05, 4.69) is 15.3 Å². The van der Waals surface area contributed by atoms with Crippen molar-refractivity contribution in [2.45, 2.75) is 33.9 Å². The van der Waals surface area contributed by atoms with E-state index >= 15 is 0 Å². The monoisotopic (exact) mass is 367 g/mol. The van der Waals surface area contributed by atoms with Crippen LogP contribution in [0.1, 0.15) is 24.1 Å². The molecule has 0 aliphatic rings. The van der Waals surface area contributed by atoms with E-state index in [0.29, 0.717) is 40.4 Å². The van der Waals surface area contributed by atoms with Gasteiger partial charge in [-0.25, -0.2) is 0 Å². The van der Waals surface area contributed by atoms with E-state index in [1.54, 1.807) is 29.2 Å². The highest BCUT2D eigenvalue weighted by molar-refractivity contribution is 5.80. The molecule has 1 aromatic carbocycles. The standard InChI is InChI=1S/C17H17N7O3/c1-4-21-16(25)12-7-5-6-8-13(12)23-14(18-19-17(21)23)9-22-11(3)15(24(26)27)10(2)20-22/h5-8H,4,9H2,1-3H3. The lowest BCUT2D eigenvalue weighted by molar-refractivity contribution is -0.386. The summed E-state index contributed by atoms with van der Waals surface area (Å²) in [4.78, 5) is 23.5. The Hall–Kier alpha value is -3.56. The summed E-state index contributed by atoms with van der Waals surface area (Å²) in [6.45, 7) is 5.79. The van der Waals surface area contributed by atoms with Gasteiger partial charge in [0, 0.05) is 6.54 Å². The number of hydrogen-bond donors (Lipinski definition) is 0. The van der Waals surface area contributed by atoms with Gasteiger partial charge in [-0.1, -0.05) is 12.1 Å². The Balaban J connectivity index is 1.97. The van der Waals surface area contributed by atoms with E-state index in [4.69, 9.17) is 0 Å². The van der Waals surface area contributed by atoms with Gasteiger partial charge in [-0.3, -0.25) is 28.6 Å². The molecule has 138 valence electrons. The second kappa shape index (κ2) is 6.01. The maximum atomic E-state index is 12.7. The van der Waals surface area contributed by atoms with Crippen LogP contribution in [0.15, 0.2) is 29.1 Å². The van der Waals surface area contributed by atoms with E-state index < -0.39 is 4.92 Å². The van der Waals surface area contributed by atoms with Crippen LogP contribution in [-0.4, -0.2) is 33.9 Å². The van der Waals surface area contributed by atoms with Crippen molar-refractivity contribution in [2.75, 3.05) is 0 Å². The van der Waals surface area contributed by atoms with Crippen LogP contribution in [0.5, 0.6) is 0 Å². The van der Waals surface area contributed by atoms with Crippen LogP contribution >= 0.6 is 0 Å². The molecule has 0 atom stereocenters. The van der Waals surface area contributed by atoms with Crippen molar-refractivity contribution in [3.05, 3.63) is 61.9 Å². The Labute approximate surface area is 152 Å². The molecular formula is C17H17N7O3. The van der Waals surface area contributed by atoms with Crippen LogP contribution in [0.25, 0.3) is 16.7 Å². The number of aromatic nitrogens is 6. The molecule has 0 radical (unpaired) electrons. The Morgan fingerprint density at radius 2 is 1.93 bits per heavy atom. The number of para-hydroxylation sites is 1. The summed E-state index contributed by atoms with van der Waals surface area (Å²) in [5.74, 6) is 0.983. The van der Waals surface area contributed by atoms with Crippen molar-refractivity contribution in [3.8, 4) is 0 Å². The molecule has 0 saturated carbocycles. The fourth-order valence-electron chi connectivity index (χ4n) is 3.44. The molecule has 10 heteroatoms. The normalized spacial score (nSPS) is 11.5. The quantitative estimate of drug-likeness (QED) is 0.402. The largest absolute Gasteiger partial charge is 0.312 e. The number of benzene rings is 1. The van der Waals surface area contributed by atoms with Crippen molar-refractivity contribution in [1.82, 2.24) is 28.9 Å². The molecule has 0 spiro atoms. The predicted molar refractivity (Wildman–Crippen MR) is 97.9 cm³/mol. The van der Waals surface area contributed by atoms with Crippen molar-refractivity contribution >= 4 is 22.4 Å². The van der Waals surface area contributed by atoms with Gasteiger partial charge in [-0.2, -0.15) is 5.10 Å². The van der Waals surface area contributed by atoms with E-state index in [-0.39, 0.29) is 17.8 Å². The fraction of sp³-hybridized carbons (Fsp3) is 0.294. The van der Waals surface area contributed by atoms with Gasteiger partial charge in [0.25, 0.3) is 5.56 Å². The lowest BCUT2D eigenvalue weighted by Crippen LogP contribution is -2.23. The molecule has 0 N–H and O–H groups in total. The third kappa shape index (κ3) is 2.40. The molecule has 0 saturated heterocycles. The first-order valence-electron chi connectivity index (χ1n) is 8.48. The SMILES string of the molecule is CCn1c(=O)c2ccccc2n2c(Cn3nc(C)c([N+](=O)[O-])c3C)nnc12. The number of hydrogen-bond acceptors (Lipinski definition) is 6. The first-order chi connectivity index (χ1) is 12.9. The summed E-state index contributed by atoms with van der Waals surface area (Å²) in [6.07, 6.45) is 0. The Bertz CT molecular complexity index is 1270. The minimum absolute atomic E-state index is 0.000791. The van der Waals surface area contributed by atoms with Crippen molar-refractivity contribution in [3.63, 3.8) is 0 Å². The van der Waals surface area contributed by atoms with Crippen LogP contribution in [0, 0.1) is 24.0 Å². The number of aryl methyl sites for hydroxylation is 2. The van der Waals surface area contributed by atoms with Crippen LogP contribution in [0.2, 0.25) is 0 Å². The molecule has 27 heavy (non-hydrogen) atoms. The zero-order chi connectivity index (χ0) is 19.3. The smallest absolute Gasteiger partial charge is 0.277 e. The molecule has 3 heterocycles. The lowest BCUT2D eigenvalue weighted by atomic mass is 10.2. The molecule has 3 aromatic heterocycles. The average molecular weight is 367 g/mol. The predicted octanol–water partition coefficient (Wildman–Crippen LogP) is 1.83. The Kier molecular flexibility index (Phi) is 3.76. The summed E-state index contributed by atoms with van der Waals surface area (Å²) in [5, 5.41) is 24.5. The molecule has 0 amide bonds. The van der Waals surface area contributed by atoms with Gasteiger partial charge in [0.05, 0.1) is 15.8 Å². The summed E-state index contributed by atoms with van der Waals surface area (Å²) in [7, 11) is 0. The minimum Gasteiger partial charge on any atom is -0.277 e. The Morgan fingerprint density at radius 3 is 2.59 bits per heavy atom. The van der Waals surface area contributed by atoms with Crippen molar-refractivity contribution in [2.24, 2.45) is 0 Å². The van der Waals surface area contributed by atoms with Gasteiger partial charge in [0.15, 0.2) is 5.82 Å². The summed E-state index contributed by atoms with van der Waals surface area (Å²) < 4.78 is 4.91. The van der Waals surface area contributed by atoms with E-state index in [0.717, 1.165) is 0 Å². The molecular weight excluding hydrogens is 350 g/mol. The number of nitrogens with zero attached hydrogens (tertiary/aromatic N) is 7. The molecule has 0 aliphatic heterocycles. The zero-order valence-electron chi connectivity index (χ0n) is 15.1. The van der Waals surface area contributed by atoms with Crippen LogP contribution in [0.3, 0.4) is 0 Å². The minimum atomic E-state index is -0.430. The van der Waals surface area contributed by atoms with Gasteiger partial charge in [0.2, 0.25) is 5.78 Å². The first kappa shape index (κ1) is 16.9. The highest BCUT2D eigenvalue weighted by Gasteiger charge is 2.23. The van der Waals surface area contributed by atoms with Crippen LogP contribution in [0.4, 0.5) is 5.69 Å². The molecule has 4 aromatic rings. The molecule has 10 nitrogen and oxygen atoms in total. The maximum absolute atomic E-state index is 12.7. The van der Waals surface area contributed by atoms with Gasteiger partial charge in [-0.05, 0) is 32.9 Å². The number of rotatable bonds is 4. The lowest BCUT2D eigenvalue weighted by Gasteiger charge is -2.10. The van der Waals surface area contributed by atoms with Gasteiger partial charge in [0.1, 0.15) is 17.9 Å². The molecule has 0 unspecified atom stereocenters. The second-order valence-corrected chi connectivity index (χ2v) is 6.25. The molecule has 4 rings (SSSR count). The highest BCUT2D eigenvalue weighted by Crippen LogP contribution is 2.23. The number of nitro groups is 1. The average Bonchev–Trinajstić information content (AvgIpc) is 3.17. The van der Waals surface area contributed by atoms with Crippen LogP contribution in [-0.2, 0) is 13.1 Å². The second-order valence-electron chi connectivity index (χ2n) is 6.25. The Morgan fingerprint density at radius 1 is 1.19 bits per heavy atom. The zero-order valence-corrected chi connectivity index (χ0v) is 15.1. The summed E-state index contributed by atoms with van der Waals surface area (Å²) >= 11 is 0. The van der Waals surface area contributed by atoms with Gasteiger partial charge >= 0.3 is 5.69 Å². The first-order valence-corrected chi connectivity index (χ1v) is 8.48. The molecule has 0 fully saturated rings. The molecule has 0 aliphatic carbocycles. The summed E-state index contributed by atoms with van der Waals surface area (Å²) in [6, 6.07) is 7.25. The number of fused-ring (bicyclic) bond motifs is 3. The highest BCUT2D eigenvalue weighted by atomic mass is 16.6. The topological polar surface area (TPSA) is 113 Å².